The number of thiophene rings is 1. The van der Waals surface area contributed by atoms with Gasteiger partial charge in [-0.15, -0.1) is 11.3 Å². The molecule has 0 aliphatic heterocycles. The van der Waals surface area contributed by atoms with Gasteiger partial charge in [-0.3, -0.25) is 4.79 Å². The summed E-state index contributed by atoms with van der Waals surface area (Å²) in [7, 11) is 0. The van der Waals surface area contributed by atoms with E-state index >= 15 is 0 Å². The second kappa shape index (κ2) is 4.84. The molecular weight excluding hydrogens is 232 g/mol. The molecule has 0 saturated heterocycles. The van der Waals surface area contributed by atoms with Gasteiger partial charge in [0.25, 0.3) is 5.91 Å². The van der Waals surface area contributed by atoms with Crippen molar-refractivity contribution in [3.8, 4) is 0 Å². The molecule has 0 saturated carbocycles. The fourth-order valence-corrected chi connectivity index (χ4v) is 2.31. The van der Waals surface area contributed by atoms with Crippen molar-refractivity contribution in [3.63, 3.8) is 0 Å². The Morgan fingerprint density at radius 3 is 2.53 bits per heavy atom. The second-order valence-corrected chi connectivity index (χ2v) is 4.45. The zero-order chi connectivity index (χ0) is 12.3. The number of amides is 1. The van der Waals surface area contributed by atoms with E-state index in [1.807, 2.05) is 47.9 Å². The van der Waals surface area contributed by atoms with Crippen LogP contribution >= 0.6 is 11.3 Å². The van der Waals surface area contributed by atoms with Gasteiger partial charge in [-0.2, -0.15) is 0 Å². The van der Waals surface area contributed by atoms with E-state index in [1.165, 1.54) is 11.3 Å². The fourth-order valence-electron chi connectivity index (χ4n) is 1.52. The SMILES string of the molecule is NC(=O)c1c(/C=C/c2ccccc2)csc1N. The van der Waals surface area contributed by atoms with Crippen molar-refractivity contribution in [3.05, 3.63) is 52.4 Å². The molecule has 1 amide bonds. The standard InChI is InChI=1S/C13H12N2OS/c14-12(16)11-10(8-17-13(11)15)7-6-9-4-2-1-3-5-9/h1-8H,15H2,(H2,14,16)/b7-6+. The fraction of sp³-hybridized carbons (Fsp3) is 0. The molecule has 0 spiro atoms. The lowest BCUT2D eigenvalue weighted by molar-refractivity contribution is 0.100. The monoisotopic (exact) mass is 244 g/mol. The highest BCUT2D eigenvalue weighted by atomic mass is 32.1. The van der Waals surface area contributed by atoms with Crippen molar-refractivity contribution >= 4 is 34.4 Å². The van der Waals surface area contributed by atoms with E-state index in [1.54, 1.807) is 0 Å². The molecule has 0 fully saturated rings. The number of hydrogen-bond acceptors (Lipinski definition) is 3. The van der Waals surface area contributed by atoms with Gasteiger partial charge in [-0.25, -0.2) is 0 Å². The van der Waals surface area contributed by atoms with E-state index in [0.717, 1.165) is 11.1 Å². The van der Waals surface area contributed by atoms with Crippen LogP contribution in [0.25, 0.3) is 12.2 Å². The van der Waals surface area contributed by atoms with Gasteiger partial charge in [0, 0.05) is 10.9 Å². The summed E-state index contributed by atoms with van der Waals surface area (Å²) in [6.07, 6.45) is 3.77. The Kier molecular flexibility index (Phi) is 3.25. The molecular formula is C13H12N2OS. The Bertz CT molecular complexity index is 558. The topological polar surface area (TPSA) is 69.1 Å². The predicted molar refractivity (Wildman–Crippen MR) is 72.6 cm³/mol. The van der Waals surface area contributed by atoms with Crippen LogP contribution in [0.15, 0.2) is 35.7 Å². The number of nitrogen functional groups attached to an aromatic ring is 1. The van der Waals surface area contributed by atoms with Gasteiger partial charge in [0.15, 0.2) is 0 Å². The van der Waals surface area contributed by atoms with E-state index in [0.29, 0.717) is 10.6 Å². The molecule has 0 bridgehead atoms. The van der Waals surface area contributed by atoms with Crippen molar-refractivity contribution in [2.24, 2.45) is 5.73 Å². The van der Waals surface area contributed by atoms with Gasteiger partial charge in [0.1, 0.15) is 0 Å². The smallest absolute Gasteiger partial charge is 0.252 e. The Labute approximate surface area is 103 Å². The van der Waals surface area contributed by atoms with Crippen molar-refractivity contribution in [2.45, 2.75) is 0 Å². The largest absolute Gasteiger partial charge is 0.390 e. The van der Waals surface area contributed by atoms with Crippen molar-refractivity contribution in [1.82, 2.24) is 0 Å². The first-order chi connectivity index (χ1) is 8.18. The van der Waals surface area contributed by atoms with Crippen molar-refractivity contribution < 1.29 is 4.79 Å². The number of benzene rings is 1. The van der Waals surface area contributed by atoms with Crippen LogP contribution in [0.3, 0.4) is 0 Å². The molecule has 4 heteroatoms. The molecule has 2 rings (SSSR count). The molecule has 0 aliphatic rings. The summed E-state index contributed by atoms with van der Waals surface area (Å²) in [6.45, 7) is 0. The van der Waals surface area contributed by atoms with E-state index < -0.39 is 5.91 Å². The maximum atomic E-state index is 11.2. The highest BCUT2D eigenvalue weighted by Gasteiger charge is 2.12. The lowest BCUT2D eigenvalue weighted by Gasteiger charge is -1.96. The summed E-state index contributed by atoms with van der Waals surface area (Å²) in [5, 5.41) is 2.29. The Balaban J connectivity index is 2.31. The minimum atomic E-state index is -0.489. The molecule has 86 valence electrons. The van der Waals surface area contributed by atoms with Crippen molar-refractivity contribution in [1.29, 1.82) is 0 Å². The molecule has 4 N–H and O–H groups in total. The van der Waals surface area contributed by atoms with Gasteiger partial charge in [0.2, 0.25) is 0 Å². The first-order valence-corrected chi connectivity index (χ1v) is 5.96. The van der Waals surface area contributed by atoms with Crippen LogP contribution in [0.2, 0.25) is 0 Å². The zero-order valence-corrected chi connectivity index (χ0v) is 9.91. The number of nitrogens with two attached hydrogens (primary N) is 2. The van der Waals surface area contributed by atoms with E-state index in [-0.39, 0.29) is 0 Å². The molecule has 0 aliphatic carbocycles. The third-order valence-electron chi connectivity index (χ3n) is 2.35. The first-order valence-electron chi connectivity index (χ1n) is 5.08. The highest BCUT2D eigenvalue weighted by Crippen LogP contribution is 2.26. The summed E-state index contributed by atoms with van der Waals surface area (Å²) in [6, 6.07) is 9.83. The van der Waals surface area contributed by atoms with Gasteiger partial charge in [-0.05, 0) is 5.56 Å². The number of hydrogen-bond donors (Lipinski definition) is 2. The van der Waals surface area contributed by atoms with Crippen LogP contribution in [-0.2, 0) is 0 Å². The average molecular weight is 244 g/mol. The van der Waals surface area contributed by atoms with Gasteiger partial charge in [0.05, 0.1) is 10.6 Å². The van der Waals surface area contributed by atoms with E-state index in [2.05, 4.69) is 0 Å². The summed E-state index contributed by atoms with van der Waals surface area (Å²) in [5.41, 5.74) is 13.2. The number of rotatable bonds is 3. The van der Waals surface area contributed by atoms with Gasteiger partial charge in [-0.1, -0.05) is 42.5 Å². The minimum absolute atomic E-state index is 0.405. The second-order valence-electron chi connectivity index (χ2n) is 3.54. The maximum Gasteiger partial charge on any atom is 0.252 e. The van der Waals surface area contributed by atoms with Crippen LogP contribution in [-0.4, -0.2) is 5.91 Å². The van der Waals surface area contributed by atoms with E-state index in [9.17, 15) is 4.79 Å². The molecule has 17 heavy (non-hydrogen) atoms. The molecule has 0 atom stereocenters. The lowest BCUT2D eigenvalue weighted by Crippen LogP contribution is -2.12. The summed E-state index contributed by atoms with van der Waals surface area (Å²) in [4.78, 5) is 11.2. The summed E-state index contributed by atoms with van der Waals surface area (Å²) in [5.74, 6) is -0.489. The third-order valence-corrected chi connectivity index (χ3v) is 3.18. The lowest BCUT2D eigenvalue weighted by atomic mass is 10.1. The molecule has 1 aromatic heterocycles. The van der Waals surface area contributed by atoms with Crippen LogP contribution in [0, 0.1) is 0 Å². The predicted octanol–water partition coefficient (Wildman–Crippen LogP) is 2.60. The maximum absolute atomic E-state index is 11.2. The molecule has 1 heterocycles. The van der Waals surface area contributed by atoms with Crippen LogP contribution in [0.1, 0.15) is 21.5 Å². The average Bonchev–Trinajstić information content (AvgIpc) is 2.69. The molecule has 2 aromatic rings. The first kappa shape index (κ1) is 11.4. The summed E-state index contributed by atoms with van der Waals surface area (Å²) >= 11 is 1.32. The normalized spacial score (nSPS) is 10.8. The number of carbonyl (C=O) groups excluding carboxylic acids is 1. The zero-order valence-electron chi connectivity index (χ0n) is 9.09. The van der Waals surface area contributed by atoms with Crippen LogP contribution < -0.4 is 11.5 Å². The van der Waals surface area contributed by atoms with Crippen LogP contribution in [0.5, 0.6) is 0 Å². The van der Waals surface area contributed by atoms with E-state index in [4.69, 9.17) is 11.5 Å². The van der Waals surface area contributed by atoms with Gasteiger partial charge < -0.3 is 11.5 Å². The minimum Gasteiger partial charge on any atom is -0.390 e. The number of carbonyl (C=O) groups is 1. The molecule has 0 radical (unpaired) electrons. The Hall–Kier alpha value is -2.07. The summed E-state index contributed by atoms with van der Waals surface area (Å²) < 4.78 is 0. The number of primary amides is 1. The third kappa shape index (κ3) is 2.54. The molecule has 0 unspecified atom stereocenters. The van der Waals surface area contributed by atoms with Gasteiger partial charge >= 0.3 is 0 Å². The Morgan fingerprint density at radius 2 is 1.88 bits per heavy atom. The number of anilines is 1. The van der Waals surface area contributed by atoms with Crippen molar-refractivity contribution in [2.75, 3.05) is 5.73 Å². The van der Waals surface area contributed by atoms with Crippen LogP contribution in [0.4, 0.5) is 5.00 Å². The quantitative estimate of drug-likeness (QED) is 0.871. The highest BCUT2D eigenvalue weighted by molar-refractivity contribution is 7.14. The molecule has 1 aromatic carbocycles. The Morgan fingerprint density at radius 1 is 1.18 bits per heavy atom. The molecule has 3 nitrogen and oxygen atoms in total.